The van der Waals surface area contributed by atoms with Crippen LogP contribution in [0.2, 0.25) is 0 Å². The molecule has 1 amide bonds. The van der Waals surface area contributed by atoms with Gasteiger partial charge in [-0.15, -0.1) is 0 Å². The Hall–Kier alpha value is -1.64. The summed E-state index contributed by atoms with van der Waals surface area (Å²) in [6.07, 6.45) is 0. The van der Waals surface area contributed by atoms with Gasteiger partial charge in [-0.05, 0) is 6.92 Å². The van der Waals surface area contributed by atoms with E-state index >= 15 is 0 Å². The minimum Gasteiger partial charge on any atom is -0.298 e. The lowest BCUT2D eigenvalue weighted by Crippen LogP contribution is -2.30. The number of hydrogen-bond acceptors (Lipinski definition) is 2. The number of carbonyl (C=O) groups is 1. The molecule has 14 heavy (non-hydrogen) atoms. The second kappa shape index (κ2) is 3.25. The lowest BCUT2D eigenvalue weighted by Gasteiger charge is -2.11. The first kappa shape index (κ1) is 8.94. The topological polar surface area (TPSA) is 32.7 Å². The van der Waals surface area contributed by atoms with Gasteiger partial charge >= 0.3 is 0 Å². The number of likely N-dealkylation sites (N-methyl/N-ethyl adjacent to an activating group) is 1. The number of carbonyl (C=O) groups excluding carboxylic acids is 1. The fraction of sp³-hybridized carbons (Fsp3) is 0.273. The third-order valence-corrected chi connectivity index (χ3v) is 2.35. The molecule has 72 valence electrons. The van der Waals surface area contributed by atoms with Crippen LogP contribution < -0.4 is 0 Å². The Morgan fingerprint density at radius 2 is 1.93 bits per heavy atom. The molecule has 0 saturated carbocycles. The van der Waals surface area contributed by atoms with Crippen molar-refractivity contribution < 1.29 is 4.79 Å². The molecule has 1 atom stereocenters. The van der Waals surface area contributed by atoms with Gasteiger partial charge in [-0.1, -0.05) is 30.3 Å². The average Bonchev–Trinajstić information content (AvgIpc) is 2.47. The Labute approximate surface area is 83.1 Å². The van der Waals surface area contributed by atoms with E-state index in [-0.39, 0.29) is 11.9 Å². The third kappa shape index (κ3) is 1.31. The summed E-state index contributed by atoms with van der Waals surface area (Å²) in [7, 11) is 1.76. The Balaban J connectivity index is 2.38. The van der Waals surface area contributed by atoms with Gasteiger partial charge in [0.25, 0.3) is 5.91 Å². The lowest BCUT2D eigenvalue weighted by atomic mass is 10.2. The van der Waals surface area contributed by atoms with Crippen LogP contribution in [0.5, 0.6) is 0 Å². The monoisotopic (exact) mass is 188 g/mol. The van der Waals surface area contributed by atoms with Crippen LogP contribution in [0.25, 0.3) is 0 Å². The first-order chi connectivity index (χ1) is 6.70. The zero-order valence-corrected chi connectivity index (χ0v) is 8.27. The molecule has 2 rings (SSSR count). The largest absolute Gasteiger partial charge is 0.298 e. The van der Waals surface area contributed by atoms with Gasteiger partial charge in [0.15, 0.2) is 0 Å². The van der Waals surface area contributed by atoms with Crippen molar-refractivity contribution in [2.24, 2.45) is 4.99 Å². The van der Waals surface area contributed by atoms with Crippen LogP contribution in [0.3, 0.4) is 0 Å². The summed E-state index contributed by atoms with van der Waals surface area (Å²) in [5.74, 6) is 0.826. The van der Waals surface area contributed by atoms with E-state index in [9.17, 15) is 4.79 Å². The number of amides is 1. The molecule has 3 heteroatoms. The summed E-state index contributed by atoms with van der Waals surface area (Å²) in [6, 6.07) is 9.51. The fourth-order valence-corrected chi connectivity index (χ4v) is 1.57. The van der Waals surface area contributed by atoms with Crippen LogP contribution >= 0.6 is 0 Å². The second-order valence-electron chi connectivity index (χ2n) is 3.39. The van der Waals surface area contributed by atoms with Gasteiger partial charge in [0.2, 0.25) is 0 Å². The van der Waals surface area contributed by atoms with Crippen molar-refractivity contribution in [2.75, 3.05) is 7.05 Å². The van der Waals surface area contributed by atoms with Crippen LogP contribution in [0, 0.1) is 0 Å². The van der Waals surface area contributed by atoms with E-state index in [1.165, 1.54) is 0 Å². The summed E-state index contributed by atoms with van der Waals surface area (Å²) < 4.78 is 0. The quantitative estimate of drug-likeness (QED) is 0.653. The van der Waals surface area contributed by atoms with Crippen LogP contribution in [-0.2, 0) is 4.79 Å². The predicted molar refractivity (Wildman–Crippen MR) is 55.2 cm³/mol. The minimum absolute atomic E-state index is 0.0591. The summed E-state index contributed by atoms with van der Waals surface area (Å²) in [5.41, 5.74) is 0.993. The van der Waals surface area contributed by atoms with Gasteiger partial charge in [-0.25, -0.2) is 0 Å². The smallest absolute Gasteiger partial charge is 0.252 e. The van der Waals surface area contributed by atoms with Crippen LogP contribution in [0.4, 0.5) is 0 Å². The number of benzene rings is 1. The van der Waals surface area contributed by atoms with Crippen molar-refractivity contribution in [1.29, 1.82) is 0 Å². The predicted octanol–water partition coefficient (Wildman–Crippen LogP) is 1.29. The normalized spacial score (nSPS) is 21.3. The molecule has 1 aromatic carbocycles. The van der Waals surface area contributed by atoms with E-state index in [0.29, 0.717) is 0 Å². The molecule has 0 saturated heterocycles. The lowest BCUT2D eigenvalue weighted by molar-refractivity contribution is -0.126. The number of hydrogen-bond donors (Lipinski definition) is 0. The number of rotatable bonds is 1. The molecule has 0 aliphatic carbocycles. The first-order valence-corrected chi connectivity index (χ1v) is 4.61. The van der Waals surface area contributed by atoms with Gasteiger partial charge in [-0.3, -0.25) is 14.7 Å². The molecule has 0 bridgehead atoms. The van der Waals surface area contributed by atoms with E-state index in [2.05, 4.69) is 4.99 Å². The zero-order chi connectivity index (χ0) is 10.1. The van der Waals surface area contributed by atoms with E-state index in [1.807, 2.05) is 37.3 Å². The van der Waals surface area contributed by atoms with Crippen LogP contribution in [0.15, 0.2) is 35.3 Å². The highest BCUT2D eigenvalue weighted by Gasteiger charge is 2.28. The molecule has 3 nitrogen and oxygen atoms in total. The van der Waals surface area contributed by atoms with Crippen molar-refractivity contribution in [1.82, 2.24) is 4.90 Å². The Morgan fingerprint density at radius 3 is 2.43 bits per heavy atom. The summed E-state index contributed by atoms with van der Waals surface area (Å²) in [5, 5.41) is 0. The second-order valence-corrected chi connectivity index (χ2v) is 3.39. The van der Waals surface area contributed by atoms with Crippen molar-refractivity contribution in [3.8, 4) is 0 Å². The van der Waals surface area contributed by atoms with Gasteiger partial charge in [0.05, 0.1) is 0 Å². The maximum absolute atomic E-state index is 11.5. The minimum atomic E-state index is -0.241. The highest BCUT2D eigenvalue weighted by Crippen LogP contribution is 2.14. The summed E-state index contributed by atoms with van der Waals surface area (Å²) in [6.45, 7) is 1.81. The van der Waals surface area contributed by atoms with Crippen molar-refractivity contribution >= 4 is 11.7 Å². The standard InChI is InChI=1S/C11H12N2O/c1-8-11(14)13(2)10(12-8)9-6-4-3-5-7-9/h3-8H,1-2H3. The van der Waals surface area contributed by atoms with E-state index < -0.39 is 0 Å². The molecule has 1 heterocycles. The van der Waals surface area contributed by atoms with Gasteiger partial charge < -0.3 is 0 Å². The Kier molecular flexibility index (Phi) is 2.08. The molecular formula is C11H12N2O. The SMILES string of the molecule is CC1N=C(c2ccccc2)N(C)C1=O. The van der Waals surface area contributed by atoms with Gasteiger partial charge in [-0.2, -0.15) is 0 Å². The molecule has 0 radical (unpaired) electrons. The molecule has 1 unspecified atom stereocenters. The van der Waals surface area contributed by atoms with E-state index in [4.69, 9.17) is 0 Å². The van der Waals surface area contributed by atoms with E-state index in [1.54, 1.807) is 11.9 Å². The van der Waals surface area contributed by atoms with Gasteiger partial charge in [0, 0.05) is 12.6 Å². The highest BCUT2D eigenvalue weighted by molar-refractivity contribution is 6.13. The summed E-state index contributed by atoms with van der Waals surface area (Å²) >= 11 is 0. The van der Waals surface area contributed by atoms with Crippen LogP contribution in [-0.4, -0.2) is 29.7 Å². The average molecular weight is 188 g/mol. The molecule has 0 spiro atoms. The molecule has 0 fully saturated rings. The molecule has 1 aliphatic rings. The fourth-order valence-electron chi connectivity index (χ4n) is 1.57. The molecule has 0 aromatic heterocycles. The molecule has 0 N–H and O–H groups in total. The van der Waals surface area contributed by atoms with Crippen molar-refractivity contribution in [3.63, 3.8) is 0 Å². The molecule has 1 aromatic rings. The number of nitrogens with zero attached hydrogens (tertiary/aromatic N) is 2. The maximum Gasteiger partial charge on any atom is 0.252 e. The van der Waals surface area contributed by atoms with Gasteiger partial charge in [0.1, 0.15) is 11.9 Å². The first-order valence-electron chi connectivity index (χ1n) is 4.61. The third-order valence-electron chi connectivity index (χ3n) is 2.35. The van der Waals surface area contributed by atoms with E-state index in [0.717, 1.165) is 11.4 Å². The maximum atomic E-state index is 11.5. The molecular weight excluding hydrogens is 176 g/mol. The number of amidine groups is 1. The van der Waals surface area contributed by atoms with Crippen molar-refractivity contribution in [2.45, 2.75) is 13.0 Å². The number of aliphatic imine (C=N–C) groups is 1. The highest BCUT2D eigenvalue weighted by atomic mass is 16.2. The zero-order valence-electron chi connectivity index (χ0n) is 8.27. The molecule has 1 aliphatic heterocycles. The summed E-state index contributed by atoms with van der Waals surface area (Å²) in [4.78, 5) is 17.4. The van der Waals surface area contributed by atoms with Crippen molar-refractivity contribution in [3.05, 3.63) is 35.9 Å². The Morgan fingerprint density at radius 1 is 1.29 bits per heavy atom. The van der Waals surface area contributed by atoms with Crippen LogP contribution in [0.1, 0.15) is 12.5 Å². The Bertz CT molecular complexity index is 384.